The van der Waals surface area contributed by atoms with Gasteiger partial charge in [-0.15, -0.1) is 5.10 Å². The van der Waals surface area contributed by atoms with Gasteiger partial charge in [0, 0.05) is 22.7 Å². The van der Waals surface area contributed by atoms with Crippen LogP contribution in [0.15, 0.2) is 33.0 Å². The SMILES string of the molecule is CCn1c(Sc2ccc3c(c2)NC(=O)C3O)n[nH]c1=O. The van der Waals surface area contributed by atoms with E-state index in [1.54, 1.807) is 18.2 Å². The third kappa shape index (κ3) is 2.02. The molecule has 3 rings (SSSR count). The second kappa shape index (κ2) is 4.80. The summed E-state index contributed by atoms with van der Waals surface area (Å²) in [5.74, 6) is -0.424. The average Bonchev–Trinajstić information content (AvgIpc) is 2.91. The number of aromatic amines is 1. The van der Waals surface area contributed by atoms with Crippen LogP contribution in [0.1, 0.15) is 18.6 Å². The molecule has 1 aromatic heterocycles. The Balaban J connectivity index is 1.92. The number of fused-ring (bicyclic) bond motifs is 1. The molecule has 0 fully saturated rings. The van der Waals surface area contributed by atoms with Crippen molar-refractivity contribution in [3.63, 3.8) is 0 Å². The Bertz CT molecular complexity index is 737. The lowest BCUT2D eigenvalue weighted by Gasteiger charge is -2.05. The van der Waals surface area contributed by atoms with Crippen molar-refractivity contribution in [2.24, 2.45) is 0 Å². The summed E-state index contributed by atoms with van der Waals surface area (Å²) in [6, 6.07) is 5.24. The molecule has 20 heavy (non-hydrogen) atoms. The fraction of sp³-hybridized carbons (Fsp3) is 0.250. The third-order valence-corrected chi connectivity index (χ3v) is 4.06. The van der Waals surface area contributed by atoms with Crippen molar-refractivity contribution in [1.29, 1.82) is 0 Å². The summed E-state index contributed by atoms with van der Waals surface area (Å²) < 4.78 is 1.52. The smallest absolute Gasteiger partial charge is 0.343 e. The number of nitrogens with one attached hydrogen (secondary N) is 2. The maximum atomic E-state index is 11.5. The number of H-pyrrole nitrogens is 1. The van der Waals surface area contributed by atoms with Crippen molar-refractivity contribution in [3.05, 3.63) is 34.2 Å². The predicted octanol–water partition coefficient (Wildman–Crippen LogP) is 0.728. The molecule has 3 N–H and O–H groups in total. The van der Waals surface area contributed by atoms with Gasteiger partial charge in [0.05, 0.1) is 0 Å². The molecule has 0 bridgehead atoms. The Hall–Kier alpha value is -2.06. The molecule has 2 heterocycles. The number of nitrogens with zero attached hydrogens (tertiary/aromatic N) is 2. The summed E-state index contributed by atoms with van der Waals surface area (Å²) in [5.41, 5.74) is 0.905. The summed E-state index contributed by atoms with van der Waals surface area (Å²) in [7, 11) is 0. The van der Waals surface area contributed by atoms with Crippen LogP contribution in [0, 0.1) is 0 Å². The number of amides is 1. The Morgan fingerprint density at radius 2 is 2.25 bits per heavy atom. The first-order valence-corrected chi connectivity index (χ1v) is 6.87. The van der Waals surface area contributed by atoms with Crippen LogP contribution in [-0.4, -0.2) is 25.8 Å². The van der Waals surface area contributed by atoms with Crippen molar-refractivity contribution >= 4 is 23.4 Å². The van der Waals surface area contributed by atoms with Crippen LogP contribution < -0.4 is 11.0 Å². The van der Waals surface area contributed by atoms with Gasteiger partial charge in [0.25, 0.3) is 5.91 Å². The van der Waals surface area contributed by atoms with Crippen molar-refractivity contribution in [2.75, 3.05) is 5.32 Å². The molecule has 1 aliphatic heterocycles. The lowest BCUT2D eigenvalue weighted by Crippen LogP contribution is -2.15. The minimum absolute atomic E-state index is 0.250. The predicted molar refractivity (Wildman–Crippen MR) is 72.7 cm³/mol. The van der Waals surface area contributed by atoms with Crippen LogP contribution in [0.5, 0.6) is 0 Å². The second-order valence-electron chi connectivity index (χ2n) is 4.30. The molecule has 1 atom stereocenters. The van der Waals surface area contributed by atoms with Gasteiger partial charge in [-0.25, -0.2) is 9.89 Å². The van der Waals surface area contributed by atoms with E-state index in [1.807, 2.05) is 6.92 Å². The van der Waals surface area contributed by atoms with Gasteiger partial charge >= 0.3 is 5.69 Å². The van der Waals surface area contributed by atoms with Crippen LogP contribution in [0.4, 0.5) is 5.69 Å². The number of aromatic nitrogens is 3. The molecule has 0 aliphatic carbocycles. The van der Waals surface area contributed by atoms with Gasteiger partial charge in [-0.3, -0.25) is 9.36 Å². The number of hydrogen-bond donors (Lipinski definition) is 3. The van der Waals surface area contributed by atoms with Gasteiger partial charge in [0.15, 0.2) is 11.3 Å². The van der Waals surface area contributed by atoms with Gasteiger partial charge in [0.1, 0.15) is 0 Å². The first-order valence-electron chi connectivity index (χ1n) is 6.06. The number of rotatable bonds is 3. The average molecular weight is 292 g/mol. The minimum Gasteiger partial charge on any atom is -0.378 e. The molecule has 7 nitrogen and oxygen atoms in total. The summed E-state index contributed by atoms with van der Waals surface area (Å²) in [5, 5.41) is 19.2. The molecule has 8 heteroatoms. The molecule has 1 aliphatic rings. The Morgan fingerprint density at radius 1 is 1.45 bits per heavy atom. The molecule has 0 saturated carbocycles. The highest BCUT2D eigenvalue weighted by Gasteiger charge is 2.28. The maximum absolute atomic E-state index is 11.5. The third-order valence-electron chi connectivity index (χ3n) is 3.07. The number of carbonyl (C=O) groups excluding carboxylic acids is 1. The Kier molecular flexibility index (Phi) is 3.11. The van der Waals surface area contributed by atoms with Crippen LogP contribution in [0.25, 0.3) is 0 Å². The highest BCUT2D eigenvalue weighted by atomic mass is 32.2. The van der Waals surface area contributed by atoms with Gasteiger partial charge in [-0.2, -0.15) is 0 Å². The zero-order valence-electron chi connectivity index (χ0n) is 10.6. The fourth-order valence-electron chi connectivity index (χ4n) is 2.05. The van der Waals surface area contributed by atoms with E-state index in [2.05, 4.69) is 15.5 Å². The molecule has 1 amide bonds. The number of aliphatic hydroxyl groups excluding tert-OH is 1. The van der Waals surface area contributed by atoms with Crippen LogP contribution >= 0.6 is 11.8 Å². The lowest BCUT2D eigenvalue weighted by atomic mass is 10.1. The Labute approximate surface area is 118 Å². The number of hydrogen-bond acceptors (Lipinski definition) is 5. The van der Waals surface area contributed by atoms with Gasteiger partial charge in [-0.05, 0) is 30.8 Å². The fourth-order valence-corrected chi connectivity index (χ4v) is 2.99. The first-order chi connectivity index (χ1) is 9.60. The van der Waals surface area contributed by atoms with Gasteiger partial charge in [0.2, 0.25) is 0 Å². The van der Waals surface area contributed by atoms with Gasteiger partial charge in [-0.1, -0.05) is 6.07 Å². The molecular formula is C12H12N4O3S. The van der Waals surface area contributed by atoms with Crippen molar-refractivity contribution < 1.29 is 9.90 Å². The summed E-state index contributed by atoms with van der Waals surface area (Å²) in [4.78, 5) is 23.7. The lowest BCUT2D eigenvalue weighted by molar-refractivity contribution is -0.123. The Morgan fingerprint density at radius 3 is 3.00 bits per heavy atom. The highest BCUT2D eigenvalue weighted by Crippen LogP contribution is 2.35. The van der Waals surface area contributed by atoms with E-state index in [9.17, 15) is 14.7 Å². The van der Waals surface area contributed by atoms with E-state index < -0.39 is 12.0 Å². The number of benzene rings is 1. The highest BCUT2D eigenvalue weighted by molar-refractivity contribution is 7.99. The van der Waals surface area contributed by atoms with E-state index in [-0.39, 0.29) is 5.69 Å². The normalized spacial score (nSPS) is 17.1. The first kappa shape index (κ1) is 12.9. The number of carbonyl (C=O) groups is 1. The molecule has 1 unspecified atom stereocenters. The molecule has 1 aromatic carbocycles. The zero-order valence-corrected chi connectivity index (χ0v) is 11.4. The standard InChI is InChI=1S/C12H12N4O3S/c1-2-16-11(19)14-15-12(16)20-6-3-4-7-8(5-6)13-10(18)9(7)17/h3-5,9,17H,2H2,1H3,(H,13,18)(H,14,19). The zero-order chi connectivity index (χ0) is 14.3. The minimum atomic E-state index is -1.11. The number of anilines is 1. The van der Waals surface area contributed by atoms with E-state index in [0.29, 0.717) is 23.0 Å². The largest absolute Gasteiger partial charge is 0.378 e. The molecule has 0 spiro atoms. The molecule has 104 valence electrons. The second-order valence-corrected chi connectivity index (χ2v) is 5.34. The topological polar surface area (TPSA) is 100 Å². The summed E-state index contributed by atoms with van der Waals surface area (Å²) in [6.45, 7) is 2.39. The van der Waals surface area contributed by atoms with E-state index in [0.717, 1.165) is 4.90 Å². The van der Waals surface area contributed by atoms with Gasteiger partial charge < -0.3 is 10.4 Å². The van der Waals surface area contributed by atoms with E-state index >= 15 is 0 Å². The monoisotopic (exact) mass is 292 g/mol. The van der Waals surface area contributed by atoms with E-state index in [4.69, 9.17) is 0 Å². The number of aliphatic hydroxyl groups is 1. The summed E-state index contributed by atoms with van der Waals surface area (Å²) in [6.07, 6.45) is -1.11. The van der Waals surface area contributed by atoms with Crippen molar-refractivity contribution in [1.82, 2.24) is 14.8 Å². The van der Waals surface area contributed by atoms with E-state index in [1.165, 1.54) is 16.3 Å². The molecule has 0 saturated heterocycles. The van der Waals surface area contributed by atoms with Crippen molar-refractivity contribution in [3.8, 4) is 0 Å². The molecule has 0 radical (unpaired) electrons. The molecule has 2 aromatic rings. The summed E-state index contributed by atoms with van der Waals surface area (Å²) >= 11 is 1.32. The van der Waals surface area contributed by atoms with Crippen molar-refractivity contribution in [2.45, 2.75) is 29.6 Å². The maximum Gasteiger partial charge on any atom is 0.343 e. The quantitative estimate of drug-likeness (QED) is 0.774. The van der Waals surface area contributed by atoms with Crippen LogP contribution in [0.3, 0.4) is 0 Å². The van der Waals surface area contributed by atoms with Crippen LogP contribution in [-0.2, 0) is 11.3 Å². The van der Waals surface area contributed by atoms with Crippen LogP contribution in [0.2, 0.25) is 0 Å². The molecular weight excluding hydrogens is 280 g/mol.